The molecule has 16 heavy (non-hydrogen) atoms. The van der Waals surface area contributed by atoms with Crippen LogP contribution in [0.25, 0.3) is 0 Å². The van der Waals surface area contributed by atoms with E-state index in [9.17, 15) is 0 Å². The maximum Gasteiger partial charge on any atom is 0.129 e. The van der Waals surface area contributed by atoms with Gasteiger partial charge in [-0.2, -0.15) is 0 Å². The molecule has 0 spiro atoms. The van der Waals surface area contributed by atoms with Crippen LogP contribution in [0.4, 0.5) is 0 Å². The van der Waals surface area contributed by atoms with Crippen LogP contribution in [-0.2, 0) is 6.54 Å². The molecule has 0 aliphatic rings. The molecule has 3 nitrogen and oxygen atoms in total. The molecule has 4 heteroatoms. The van der Waals surface area contributed by atoms with Crippen molar-refractivity contribution in [3.05, 3.63) is 16.3 Å². The molecule has 1 heterocycles. The van der Waals surface area contributed by atoms with E-state index in [1.54, 1.807) is 18.4 Å². The van der Waals surface area contributed by atoms with E-state index in [1.807, 2.05) is 5.38 Å². The van der Waals surface area contributed by atoms with Crippen molar-refractivity contribution in [1.29, 1.82) is 0 Å². The fourth-order valence-electron chi connectivity index (χ4n) is 1.38. The van der Waals surface area contributed by atoms with Gasteiger partial charge < -0.3 is 15.4 Å². The van der Waals surface area contributed by atoms with Crippen LogP contribution in [0.5, 0.6) is 5.75 Å². The van der Waals surface area contributed by atoms with Crippen molar-refractivity contribution in [2.24, 2.45) is 0 Å². The Balaban J connectivity index is 2.02. The van der Waals surface area contributed by atoms with Crippen molar-refractivity contribution in [3.8, 4) is 5.75 Å². The Kier molecular flexibility index (Phi) is 6.45. The zero-order valence-corrected chi connectivity index (χ0v) is 11.2. The first-order chi connectivity index (χ1) is 7.72. The number of thiophene rings is 1. The number of methoxy groups -OCH3 is 1. The summed E-state index contributed by atoms with van der Waals surface area (Å²) < 4.78 is 5.14. The van der Waals surface area contributed by atoms with E-state index < -0.39 is 0 Å². The van der Waals surface area contributed by atoms with E-state index in [2.05, 4.69) is 30.5 Å². The molecule has 0 amide bonds. The number of hydrogen-bond acceptors (Lipinski definition) is 4. The van der Waals surface area contributed by atoms with Crippen LogP contribution in [0.2, 0.25) is 0 Å². The molecule has 0 aromatic carbocycles. The van der Waals surface area contributed by atoms with E-state index in [-0.39, 0.29) is 0 Å². The first-order valence-corrected chi connectivity index (χ1v) is 6.66. The minimum absolute atomic E-state index is 0.585. The molecule has 1 rings (SSSR count). The standard InChI is InChI=1S/C12H22N2OS/c1-10(2)14-6-4-5-13-8-12-7-11(15-3)9-16-12/h7,9-10,13-14H,4-6,8H2,1-3H3. The molecule has 0 aliphatic heterocycles. The van der Waals surface area contributed by atoms with Crippen molar-refractivity contribution in [1.82, 2.24) is 10.6 Å². The van der Waals surface area contributed by atoms with Gasteiger partial charge in [0.1, 0.15) is 5.75 Å². The quantitative estimate of drug-likeness (QED) is 0.686. The summed E-state index contributed by atoms with van der Waals surface area (Å²) >= 11 is 1.74. The Morgan fingerprint density at radius 2 is 2.19 bits per heavy atom. The van der Waals surface area contributed by atoms with Gasteiger partial charge in [0.2, 0.25) is 0 Å². The lowest BCUT2D eigenvalue weighted by atomic mass is 10.3. The van der Waals surface area contributed by atoms with Crippen LogP contribution in [0.1, 0.15) is 25.1 Å². The Labute approximate surface area is 102 Å². The van der Waals surface area contributed by atoms with Gasteiger partial charge in [0.15, 0.2) is 0 Å². The number of rotatable bonds is 8. The van der Waals surface area contributed by atoms with Gasteiger partial charge in [0.05, 0.1) is 7.11 Å². The third-order valence-electron chi connectivity index (χ3n) is 2.25. The second kappa shape index (κ2) is 7.65. The van der Waals surface area contributed by atoms with E-state index in [4.69, 9.17) is 4.74 Å². The van der Waals surface area contributed by atoms with Gasteiger partial charge in [-0.05, 0) is 25.6 Å². The van der Waals surface area contributed by atoms with Gasteiger partial charge >= 0.3 is 0 Å². The van der Waals surface area contributed by atoms with Crippen LogP contribution < -0.4 is 15.4 Å². The van der Waals surface area contributed by atoms with Crippen molar-refractivity contribution in [3.63, 3.8) is 0 Å². The first-order valence-electron chi connectivity index (χ1n) is 5.78. The molecule has 0 aliphatic carbocycles. The predicted molar refractivity (Wildman–Crippen MR) is 70.3 cm³/mol. The third kappa shape index (κ3) is 5.49. The number of ether oxygens (including phenoxy) is 1. The summed E-state index contributed by atoms with van der Waals surface area (Å²) in [7, 11) is 1.71. The Morgan fingerprint density at radius 3 is 2.81 bits per heavy atom. The van der Waals surface area contributed by atoms with E-state index in [0.717, 1.165) is 25.4 Å². The monoisotopic (exact) mass is 242 g/mol. The van der Waals surface area contributed by atoms with Gasteiger partial charge in [-0.25, -0.2) is 0 Å². The van der Waals surface area contributed by atoms with E-state index >= 15 is 0 Å². The minimum Gasteiger partial charge on any atom is -0.496 e. The summed E-state index contributed by atoms with van der Waals surface area (Å²) in [5.41, 5.74) is 0. The fraction of sp³-hybridized carbons (Fsp3) is 0.667. The first kappa shape index (κ1) is 13.5. The van der Waals surface area contributed by atoms with Gasteiger partial charge in [0, 0.05) is 22.8 Å². The maximum atomic E-state index is 5.14. The average molecular weight is 242 g/mol. The summed E-state index contributed by atoms with van der Waals surface area (Å²) in [5.74, 6) is 0.961. The summed E-state index contributed by atoms with van der Waals surface area (Å²) in [6.07, 6.45) is 1.17. The van der Waals surface area contributed by atoms with Crippen LogP contribution in [0, 0.1) is 0 Å². The average Bonchev–Trinajstić information content (AvgIpc) is 2.70. The second-order valence-corrected chi connectivity index (χ2v) is 5.09. The maximum absolute atomic E-state index is 5.14. The second-order valence-electron chi connectivity index (χ2n) is 4.09. The molecule has 2 N–H and O–H groups in total. The number of nitrogens with one attached hydrogen (secondary N) is 2. The molecule has 92 valence electrons. The normalized spacial score (nSPS) is 11.0. The topological polar surface area (TPSA) is 33.3 Å². The van der Waals surface area contributed by atoms with Gasteiger partial charge in [-0.1, -0.05) is 13.8 Å². The lowest BCUT2D eigenvalue weighted by molar-refractivity contribution is 0.416. The smallest absolute Gasteiger partial charge is 0.129 e. The van der Waals surface area contributed by atoms with Crippen LogP contribution in [0.3, 0.4) is 0 Å². The SMILES string of the molecule is COc1csc(CNCCCNC(C)C)c1. The lowest BCUT2D eigenvalue weighted by Gasteiger charge is -2.07. The summed E-state index contributed by atoms with van der Waals surface area (Å²) in [6.45, 7) is 7.42. The summed E-state index contributed by atoms with van der Waals surface area (Å²) in [6, 6.07) is 2.67. The molecule has 0 radical (unpaired) electrons. The van der Waals surface area contributed by atoms with Gasteiger partial charge in [-0.3, -0.25) is 0 Å². The zero-order chi connectivity index (χ0) is 11.8. The Bertz CT molecular complexity index is 286. The summed E-state index contributed by atoms with van der Waals surface area (Å²) in [4.78, 5) is 1.33. The van der Waals surface area contributed by atoms with Crippen LogP contribution >= 0.6 is 11.3 Å². The highest BCUT2D eigenvalue weighted by Gasteiger charge is 1.98. The lowest BCUT2D eigenvalue weighted by Crippen LogP contribution is -2.26. The third-order valence-corrected chi connectivity index (χ3v) is 3.16. The summed E-state index contributed by atoms with van der Waals surface area (Å²) in [5, 5.41) is 8.87. The predicted octanol–water partition coefficient (Wildman–Crippen LogP) is 2.23. The van der Waals surface area contributed by atoms with E-state index in [1.165, 1.54) is 11.3 Å². The highest BCUT2D eigenvalue weighted by Crippen LogP contribution is 2.20. The molecule has 0 atom stereocenters. The molecule has 0 unspecified atom stereocenters. The van der Waals surface area contributed by atoms with Crippen molar-refractivity contribution in [2.75, 3.05) is 20.2 Å². The van der Waals surface area contributed by atoms with Crippen molar-refractivity contribution >= 4 is 11.3 Å². The molecular formula is C12H22N2OS. The van der Waals surface area contributed by atoms with Crippen LogP contribution in [-0.4, -0.2) is 26.2 Å². The van der Waals surface area contributed by atoms with E-state index in [0.29, 0.717) is 6.04 Å². The zero-order valence-electron chi connectivity index (χ0n) is 10.4. The molecule has 0 fully saturated rings. The largest absolute Gasteiger partial charge is 0.496 e. The Morgan fingerprint density at radius 1 is 1.38 bits per heavy atom. The van der Waals surface area contributed by atoms with Crippen LogP contribution in [0.15, 0.2) is 11.4 Å². The number of hydrogen-bond donors (Lipinski definition) is 2. The molecule has 0 bridgehead atoms. The highest BCUT2D eigenvalue weighted by molar-refractivity contribution is 7.10. The van der Waals surface area contributed by atoms with Crippen molar-refractivity contribution in [2.45, 2.75) is 32.9 Å². The molecule has 1 aromatic rings. The molecule has 0 saturated heterocycles. The van der Waals surface area contributed by atoms with Gasteiger partial charge in [0.25, 0.3) is 0 Å². The fourth-order valence-corrected chi connectivity index (χ4v) is 2.18. The van der Waals surface area contributed by atoms with Gasteiger partial charge in [-0.15, -0.1) is 11.3 Å². The highest BCUT2D eigenvalue weighted by atomic mass is 32.1. The molecular weight excluding hydrogens is 220 g/mol. The Hall–Kier alpha value is -0.580. The molecule has 1 aromatic heterocycles. The molecule has 0 saturated carbocycles. The van der Waals surface area contributed by atoms with Crippen molar-refractivity contribution < 1.29 is 4.74 Å². The minimum atomic E-state index is 0.585.